The zero-order valence-electron chi connectivity index (χ0n) is 10.3. The lowest BCUT2D eigenvalue weighted by Gasteiger charge is -2.16. The van der Waals surface area contributed by atoms with Crippen LogP contribution in [0.2, 0.25) is 0 Å². The monoisotopic (exact) mass is 227 g/mol. The highest BCUT2D eigenvalue weighted by molar-refractivity contribution is 5.26. The third-order valence-electron chi connectivity index (χ3n) is 2.36. The average molecular weight is 227 g/mol. The number of rotatable bonds is 8. The normalized spacial score (nSPS) is 12.7. The second-order valence-electron chi connectivity index (χ2n) is 3.74. The van der Waals surface area contributed by atoms with Crippen LogP contribution in [0.4, 0.5) is 5.95 Å². The molecule has 0 saturated carbocycles. The van der Waals surface area contributed by atoms with E-state index in [1.165, 1.54) is 0 Å². The van der Waals surface area contributed by atoms with Gasteiger partial charge in [-0.05, 0) is 13.3 Å². The van der Waals surface area contributed by atoms with Crippen molar-refractivity contribution in [3.63, 3.8) is 0 Å². The van der Waals surface area contributed by atoms with Gasteiger partial charge in [0, 0.05) is 39.8 Å². The Bertz CT molecular complexity index is 289. The van der Waals surface area contributed by atoms with Gasteiger partial charge >= 0.3 is 0 Å². The van der Waals surface area contributed by atoms with Gasteiger partial charge in [-0.1, -0.05) is 0 Å². The number of imidazole rings is 1. The van der Waals surface area contributed by atoms with E-state index in [2.05, 4.69) is 21.8 Å². The highest BCUT2D eigenvalue weighted by atomic mass is 16.5. The maximum absolute atomic E-state index is 5.13. The van der Waals surface area contributed by atoms with Crippen molar-refractivity contribution in [3.05, 3.63) is 12.4 Å². The Hall–Kier alpha value is -1.07. The maximum atomic E-state index is 5.13. The Morgan fingerprint density at radius 2 is 2.25 bits per heavy atom. The van der Waals surface area contributed by atoms with Gasteiger partial charge in [-0.25, -0.2) is 4.98 Å². The molecule has 92 valence electrons. The van der Waals surface area contributed by atoms with Gasteiger partial charge in [0.05, 0.1) is 12.6 Å². The fourth-order valence-corrected chi connectivity index (χ4v) is 1.54. The molecule has 0 bridgehead atoms. The van der Waals surface area contributed by atoms with Crippen LogP contribution in [0, 0.1) is 0 Å². The quantitative estimate of drug-likeness (QED) is 0.684. The molecule has 0 radical (unpaired) electrons. The number of methoxy groups -OCH3 is 2. The van der Waals surface area contributed by atoms with Crippen LogP contribution in [-0.4, -0.2) is 43.5 Å². The Morgan fingerprint density at radius 1 is 1.44 bits per heavy atom. The van der Waals surface area contributed by atoms with Gasteiger partial charge in [0.25, 0.3) is 0 Å². The average Bonchev–Trinajstić information content (AvgIpc) is 2.73. The van der Waals surface area contributed by atoms with E-state index in [1.54, 1.807) is 20.4 Å². The molecule has 1 unspecified atom stereocenters. The molecule has 0 amide bonds. The fourth-order valence-electron chi connectivity index (χ4n) is 1.54. The molecule has 1 rings (SSSR count). The molecular formula is C11H21N3O2. The van der Waals surface area contributed by atoms with Crippen molar-refractivity contribution in [2.75, 3.05) is 39.3 Å². The minimum absolute atomic E-state index is 0.289. The molecule has 5 heteroatoms. The van der Waals surface area contributed by atoms with Crippen LogP contribution >= 0.6 is 0 Å². The number of nitrogens with one attached hydrogen (secondary N) is 1. The van der Waals surface area contributed by atoms with Crippen molar-refractivity contribution in [1.29, 1.82) is 0 Å². The first-order valence-electron chi connectivity index (χ1n) is 5.54. The second-order valence-corrected chi connectivity index (χ2v) is 3.74. The molecule has 0 aliphatic heterocycles. The number of aromatic nitrogens is 2. The minimum atomic E-state index is 0.289. The summed E-state index contributed by atoms with van der Waals surface area (Å²) < 4.78 is 12.2. The van der Waals surface area contributed by atoms with Gasteiger partial charge in [-0.2, -0.15) is 0 Å². The molecule has 1 N–H and O–H groups in total. The number of nitrogens with zero attached hydrogens (tertiary/aromatic N) is 2. The molecule has 1 heterocycles. The first-order chi connectivity index (χ1) is 7.79. The Kier molecular flexibility index (Phi) is 5.88. The Balaban J connectivity index is 2.43. The van der Waals surface area contributed by atoms with E-state index in [-0.39, 0.29) is 6.04 Å². The van der Waals surface area contributed by atoms with E-state index < -0.39 is 0 Å². The zero-order chi connectivity index (χ0) is 11.8. The van der Waals surface area contributed by atoms with E-state index in [1.807, 2.05) is 6.20 Å². The number of hydrogen-bond donors (Lipinski definition) is 1. The standard InChI is InChI=1S/C11H21N3O2/c1-10(9-16-3)14-7-6-13-11(14)12-5-4-8-15-2/h6-7,10H,4-5,8-9H2,1-3H3,(H,12,13). The van der Waals surface area contributed by atoms with E-state index in [9.17, 15) is 0 Å². The summed E-state index contributed by atoms with van der Waals surface area (Å²) in [5.74, 6) is 0.889. The van der Waals surface area contributed by atoms with E-state index >= 15 is 0 Å². The molecular weight excluding hydrogens is 206 g/mol. The third kappa shape index (κ3) is 3.83. The van der Waals surface area contributed by atoms with Gasteiger partial charge in [-0.3, -0.25) is 0 Å². The van der Waals surface area contributed by atoms with Crippen LogP contribution in [0.5, 0.6) is 0 Å². The molecule has 1 aromatic heterocycles. The predicted octanol–water partition coefficient (Wildman–Crippen LogP) is 1.54. The summed E-state index contributed by atoms with van der Waals surface area (Å²) in [6.07, 6.45) is 4.73. The summed E-state index contributed by atoms with van der Waals surface area (Å²) in [7, 11) is 3.42. The minimum Gasteiger partial charge on any atom is -0.385 e. The first kappa shape index (κ1) is 13.0. The highest BCUT2D eigenvalue weighted by Crippen LogP contribution is 2.13. The van der Waals surface area contributed by atoms with Gasteiger partial charge in [-0.15, -0.1) is 0 Å². The fraction of sp³-hybridized carbons (Fsp3) is 0.727. The summed E-state index contributed by atoms with van der Waals surface area (Å²) >= 11 is 0. The van der Waals surface area contributed by atoms with Crippen LogP contribution < -0.4 is 5.32 Å². The molecule has 1 aromatic rings. The largest absolute Gasteiger partial charge is 0.385 e. The van der Waals surface area contributed by atoms with Crippen molar-refractivity contribution in [2.45, 2.75) is 19.4 Å². The first-order valence-corrected chi connectivity index (χ1v) is 5.54. The third-order valence-corrected chi connectivity index (χ3v) is 2.36. The molecule has 5 nitrogen and oxygen atoms in total. The molecule has 0 fully saturated rings. The summed E-state index contributed by atoms with van der Waals surface area (Å²) in [4.78, 5) is 4.27. The lowest BCUT2D eigenvalue weighted by atomic mass is 10.3. The number of hydrogen-bond acceptors (Lipinski definition) is 4. The van der Waals surface area contributed by atoms with Gasteiger partial charge < -0.3 is 19.4 Å². The molecule has 0 saturated heterocycles. The zero-order valence-corrected chi connectivity index (χ0v) is 10.3. The SMILES string of the molecule is COCCCNc1nccn1C(C)COC. The van der Waals surface area contributed by atoms with Gasteiger partial charge in [0.15, 0.2) is 0 Å². The number of anilines is 1. The Morgan fingerprint density at radius 3 is 2.94 bits per heavy atom. The number of ether oxygens (including phenoxy) is 2. The Labute approximate surface area is 96.8 Å². The molecule has 0 aliphatic carbocycles. The van der Waals surface area contributed by atoms with Crippen LogP contribution in [0.1, 0.15) is 19.4 Å². The van der Waals surface area contributed by atoms with Crippen molar-refractivity contribution in [1.82, 2.24) is 9.55 Å². The summed E-state index contributed by atoms with van der Waals surface area (Å²) in [6.45, 7) is 4.42. The molecule has 0 aliphatic rings. The highest BCUT2D eigenvalue weighted by Gasteiger charge is 2.08. The smallest absolute Gasteiger partial charge is 0.203 e. The van der Waals surface area contributed by atoms with Crippen LogP contribution in [-0.2, 0) is 9.47 Å². The van der Waals surface area contributed by atoms with E-state index in [0.29, 0.717) is 6.61 Å². The molecule has 1 atom stereocenters. The lowest BCUT2D eigenvalue weighted by Crippen LogP contribution is -2.15. The summed E-state index contributed by atoms with van der Waals surface area (Å²) in [5.41, 5.74) is 0. The van der Waals surface area contributed by atoms with E-state index in [0.717, 1.165) is 25.5 Å². The lowest BCUT2D eigenvalue weighted by molar-refractivity contribution is 0.163. The van der Waals surface area contributed by atoms with Gasteiger partial charge in [0.2, 0.25) is 5.95 Å². The maximum Gasteiger partial charge on any atom is 0.203 e. The molecule has 16 heavy (non-hydrogen) atoms. The van der Waals surface area contributed by atoms with Crippen LogP contribution in [0.15, 0.2) is 12.4 Å². The summed E-state index contributed by atoms with van der Waals surface area (Å²) in [6, 6.07) is 0.289. The molecule has 0 aromatic carbocycles. The van der Waals surface area contributed by atoms with Crippen molar-refractivity contribution < 1.29 is 9.47 Å². The van der Waals surface area contributed by atoms with E-state index in [4.69, 9.17) is 9.47 Å². The van der Waals surface area contributed by atoms with Crippen LogP contribution in [0.25, 0.3) is 0 Å². The topological polar surface area (TPSA) is 48.3 Å². The predicted molar refractivity (Wildman–Crippen MR) is 63.8 cm³/mol. The van der Waals surface area contributed by atoms with Crippen LogP contribution in [0.3, 0.4) is 0 Å². The second kappa shape index (κ2) is 7.24. The van der Waals surface area contributed by atoms with Gasteiger partial charge in [0.1, 0.15) is 0 Å². The van der Waals surface area contributed by atoms with Crippen molar-refractivity contribution in [3.8, 4) is 0 Å². The molecule has 0 spiro atoms. The van der Waals surface area contributed by atoms with Crippen molar-refractivity contribution in [2.24, 2.45) is 0 Å². The summed E-state index contributed by atoms with van der Waals surface area (Å²) in [5, 5.41) is 3.28. The van der Waals surface area contributed by atoms with Crippen molar-refractivity contribution >= 4 is 5.95 Å².